The largest absolute Gasteiger partial charge is 0.320 e. The Morgan fingerprint density at radius 1 is 0.955 bits per heavy atom. The SMILES string of the molecule is CCNC(C)(C)COP(=O)(c1ccccc1)c1ccccc1. The van der Waals surface area contributed by atoms with Gasteiger partial charge < -0.3 is 9.84 Å². The van der Waals surface area contributed by atoms with Crippen molar-refractivity contribution < 1.29 is 9.09 Å². The van der Waals surface area contributed by atoms with E-state index in [1.54, 1.807) is 0 Å². The number of benzene rings is 2. The van der Waals surface area contributed by atoms with E-state index in [0.29, 0.717) is 6.61 Å². The predicted molar refractivity (Wildman–Crippen MR) is 93.5 cm³/mol. The van der Waals surface area contributed by atoms with E-state index in [1.165, 1.54) is 0 Å². The van der Waals surface area contributed by atoms with Crippen LogP contribution < -0.4 is 15.9 Å². The molecule has 0 bridgehead atoms. The van der Waals surface area contributed by atoms with Crippen LogP contribution in [0.1, 0.15) is 20.8 Å². The lowest BCUT2D eigenvalue weighted by Crippen LogP contribution is -2.43. The zero-order chi connectivity index (χ0) is 16.1. The Kier molecular flexibility index (Phi) is 5.57. The van der Waals surface area contributed by atoms with Crippen molar-refractivity contribution in [1.82, 2.24) is 5.32 Å². The van der Waals surface area contributed by atoms with E-state index in [-0.39, 0.29) is 5.54 Å². The van der Waals surface area contributed by atoms with Gasteiger partial charge in [0.2, 0.25) is 0 Å². The number of rotatable bonds is 7. The number of nitrogens with one attached hydrogen (secondary N) is 1. The van der Waals surface area contributed by atoms with Gasteiger partial charge in [-0.15, -0.1) is 0 Å². The molecule has 0 spiro atoms. The Bertz CT molecular complexity index is 583. The first-order valence-electron chi connectivity index (χ1n) is 7.59. The van der Waals surface area contributed by atoms with Crippen LogP contribution in [-0.4, -0.2) is 18.7 Å². The average molecular weight is 317 g/mol. The van der Waals surface area contributed by atoms with E-state index in [4.69, 9.17) is 4.52 Å². The second-order valence-electron chi connectivity index (χ2n) is 5.91. The summed E-state index contributed by atoms with van der Waals surface area (Å²) in [4.78, 5) is 0. The molecule has 118 valence electrons. The van der Waals surface area contributed by atoms with E-state index in [0.717, 1.165) is 17.2 Å². The highest BCUT2D eigenvalue weighted by molar-refractivity contribution is 7.74. The molecule has 4 heteroatoms. The van der Waals surface area contributed by atoms with Crippen LogP contribution in [0.4, 0.5) is 0 Å². The van der Waals surface area contributed by atoms with E-state index in [9.17, 15) is 4.57 Å². The smallest absolute Gasteiger partial charge is 0.261 e. The lowest BCUT2D eigenvalue weighted by molar-refractivity contribution is 0.219. The minimum Gasteiger partial charge on any atom is -0.320 e. The molecule has 0 amide bonds. The van der Waals surface area contributed by atoms with Crippen LogP contribution >= 0.6 is 7.37 Å². The van der Waals surface area contributed by atoms with Crippen LogP contribution in [0.15, 0.2) is 60.7 Å². The molecule has 0 saturated carbocycles. The fourth-order valence-electron chi connectivity index (χ4n) is 2.33. The summed E-state index contributed by atoms with van der Waals surface area (Å²) in [6.07, 6.45) is 0. The quantitative estimate of drug-likeness (QED) is 0.796. The van der Waals surface area contributed by atoms with Gasteiger partial charge in [-0.05, 0) is 44.7 Å². The fraction of sp³-hybridized carbons (Fsp3) is 0.333. The Hall–Kier alpha value is -1.41. The molecule has 0 atom stereocenters. The summed E-state index contributed by atoms with van der Waals surface area (Å²) in [7, 11) is -3.08. The van der Waals surface area contributed by atoms with Gasteiger partial charge in [0.05, 0.1) is 6.61 Å². The number of hydrogen-bond donors (Lipinski definition) is 1. The molecule has 0 aliphatic heterocycles. The maximum absolute atomic E-state index is 13.6. The summed E-state index contributed by atoms with van der Waals surface area (Å²) in [5.41, 5.74) is -0.228. The molecule has 0 aliphatic carbocycles. The maximum atomic E-state index is 13.6. The van der Waals surface area contributed by atoms with Crippen molar-refractivity contribution in [2.24, 2.45) is 0 Å². The second-order valence-corrected chi connectivity index (χ2v) is 8.30. The van der Waals surface area contributed by atoms with Gasteiger partial charge in [-0.2, -0.15) is 0 Å². The lowest BCUT2D eigenvalue weighted by Gasteiger charge is -2.28. The van der Waals surface area contributed by atoms with Crippen LogP contribution in [0.3, 0.4) is 0 Å². The van der Waals surface area contributed by atoms with E-state index in [2.05, 4.69) is 26.1 Å². The Labute approximate surface area is 133 Å². The first-order valence-corrected chi connectivity index (χ1v) is 9.21. The number of hydrogen-bond acceptors (Lipinski definition) is 3. The fourth-order valence-corrected chi connectivity index (χ4v) is 4.56. The van der Waals surface area contributed by atoms with Gasteiger partial charge in [0.25, 0.3) is 7.37 Å². The standard InChI is InChI=1S/C18H24NO2P/c1-4-19-18(2,3)15-21-22(20,16-11-7-5-8-12-16)17-13-9-6-10-14-17/h5-14,19H,4,15H2,1-3H3. The highest BCUT2D eigenvalue weighted by Crippen LogP contribution is 2.45. The van der Waals surface area contributed by atoms with E-state index < -0.39 is 7.37 Å². The molecule has 1 N–H and O–H groups in total. The molecule has 2 rings (SSSR count). The molecule has 0 saturated heterocycles. The molecule has 3 nitrogen and oxygen atoms in total. The molecule has 0 unspecified atom stereocenters. The van der Waals surface area contributed by atoms with Crippen molar-refractivity contribution in [2.75, 3.05) is 13.2 Å². The zero-order valence-corrected chi connectivity index (χ0v) is 14.3. The van der Waals surface area contributed by atoms with Crippen molar-refractivity contribution in [1.29, 1.82) is 0 Å². The third kappa shape index (κ3) is 4.07. The van der Waals surface area contributed by atoms with Crippen molar-refractivity contribution in [3.8, 4) is 0 Å². The summed E-state index contributed by atoms with van der Waals surface area (Å²) in [5, 5.41) is 4.81. The molecule has 0 heterocycles. The van der Waals surface area contributed by atoms with E-state index >= 15 is 0 Å². The highest BCUT2D eigenvalue weighted by Gasteiger charge is 2.31. The Balaban J connectivity index is 2.34. The van der Waals surface area contributed by atoms with Crippen LogP contribution in [0.25, 0.3) is 0 Å². The van der Waals surface area contributed by atoms with Gasteiger partial charge in [-0.25, -0.2) is 0 Å². The minimum atomic E-state index is -3.08. The average Bonchev–Trinajstić information content (AvgIpc) is 2.54. The molecular weight excluding hydrogens is 293 g/mol. The predicted octanol–water partition coefficient (Wildman–Crippen LogP) is 3.32. The first kappa shape index (κ1) is 17.0. The normalized spacial score (nSPS) is 12.3. The van der Waals surface area contributed by atoms with Crippen LogP contribution in [0, 0.1) is 0 Å². The minimum absolute atomic E-state index is 0.228. The first-order chi connectivity index (χ1) is 10.5. The summed E-state index contributed by atoms with van der Waals surface area (Å²) in [5.74, 6) is 0. The Morgan fingerprint density at radius 2 is 1.41 bits per heavy atom. The van der Waals surface area contributed by atoms with Crippen molar-refractivity contribution in [2.45, 2.75) is 26.3 Å². The van der Waals surface area contributed by atoms with Gasteiger partial charge in [-0.3, -0.25) is 4.57 Å². The summed E-state index contributed by atoms with van der Waals surface area (Å²) in [6, 6.07) is 18.9. The van der Waals surface area contributed by atoms with Crippen LogP contribution in [0.2, 0.25) is 0 Å². The third-order valence-electron chi connectivity index (χ3n) is 3.45. The topological polar surface area (TPSA) is 38.3 Å². The summed E-state index contributed by atoms with van der Waals surface area (Å²) in [6.45, 7) is 7.38. The second kappa shape index (κ2) is 7.23. The summed E-state index contributed by atoms with van der Waals surface area (Å²) < 4.78 is 19.6. The molecule has 22 heavy (non-hydrogen) atoms. The molecule has 0 aromatic heterocycles. The molecule has 2 aromatic rings. The third-order valence-corrected chi connectivity index (χ3v) is 5.90. The van der Waals surface area contributed by atoms with Crippen molar-refractivity contribution in [3.63, 3.8) is 0 Å². The Morgan fingerprint density at radius 3 is 1.82 bits per heavy atom. The molecule has 2 aromatic carbocycles. The highest BCUT2D eigenvalue weighted by atomic mass is 31.2. The maximum Gasteiger partial charge on any atom is 0.261 e. The van der Waals surface area contributed by atoms with E-state index in [1.807, 2.05) is 60.7 Å². The van der Waals surface area contributed by atoms with Crippen LogP contribution in [0.5, 0.6) is 0 Å². The van der Waals surface area contributed by atoms with Gasteiger partial charge in [-0.1, -0.05) is 43.3 Å². The monoisotopic (exact) mass is 317 g/mol. The van der Waals surface area contributed by atoms with Gasteiger partial charge >= 0.3 is 0 Å². The summed E-state index contributed by atoms with van der Waals surface area (Å²) >= 11 is 0. The lowest BCUT2D eigenvalue weighted by atomic mass is 10.1. The van der Waals surface area contributed by atoms with Crippen LogP contribution in [-0.2, 0) is 9.09 Å². The molecule has 0 fully saturated rings. The molecule has 0 aliphatic rings. The number of likely N-dealkylation sites (N-methyl/N-ethyl adjacent to an activating group) is 1. The molecule has 0 radical (unpaired) electrons. The molecular formula is C18H24NO2P. The van der Waals surface area contributed by atoms with Gasteiger partial charge in [0.15, 0.2) is 0 Å². The van der Waals surface area contributed by atoms with Gasteiger partial charge in [0.1, 0.15) is 0 Å². The van der Waals surface area contributed by atoms with Crippen molar-refractivity contribution >= 4 is 18.0 Å². The van der Waals surface area contributed by atoms with Crippen molar-refractivity contribution in [3.05, 3.63) is 60.7 Å². The zero-order valence-electron chi connectivity index (χ0n) is 13.5. The van der Waals surface area contributed by atoms with Gasteiger partial charge in [0, 0.05) is 16.1 Å².